The number of carbonyl (C=O) groups is 1. The molecule has 4 aliphatic rings. The van der Waals surface area contributed by atoms with Crippen molar-refractivity contribution >= 4 is 22.8 Å². The Morgan fingerprint density at radius 3 is 2.88 bits per heavy atom. The molecular weight excluding hydrogens is 416 g/mol. The number of fused-ring (bicyclic) bond motifs is 2. The first-order valence-corrected chi connectivity index (χ1v) is 12.0. The zero-order valence-electron chi connectivity index (χ0n) is 18.9. The number of amidine groups is 1. The summed E-state index contributed by atoms with van der Waals surface area (Å²) in [4.78, 5) is 26.6. The first-order chi connectivity index (χ1) is 16.2. The van der Waals surface area contributed by atoms with Crippen molar-refractivity contribution in [2.75, 3.05) is 33.0 Å². The van der Waals surface area contributed by atoms with Crippen LogP contribution < -0.4 is 10.6 Å². The van der Waals surface area contributed by atoms with Crippen LogP contribution in [0.25, 0.3) is 10.9 Å². The van der Waals surface area contributed by atoms with Crippen molar-refractivity contribution in [2.24, 2.45) is 16.8 Å². The standard InChI is InChI=1S/C25H30N6O2/c1-16(19-6-2-4-17-5-3-9-27-23(17)19)20-12-26-13-21(20)24-28-22-14-30(15-31(22)25(32)29-24)18-7-10-33-11-8-18/h2-6,9,14,16,18,20-21,26H,7-8,10-13,15H2,1H3,(H,28,29,32). The quantitative estimate of drug-likeness (QED) is 0.755. The largest absolute Gasteiger partial charge is 0.381 e. The van der Waals surface area contributed by atoms with Gasteiger partial charge in [-0.05, 0) is 42.9 Å². The summed E-state index contributed by atoms with van der Waals surface area (Å²) in [6.07, 6.45) is 5.89. The zero-order valence-corrected chi connectivity index (χ0v) is 18.9. The Morgan fingerprint density at radius 2 is 2.00 bits per heavy atom. The SMILES string of the molecule is CC(c1cccc2cccnc12)C1CNCC1C1=NC2=CN(C3CCOCC3)CN2C(=O)N1. The summed E-state index contributed by atoms with van der Waals surface area (Å²) in [5.74, 6) is 2.27. The van der Waals surface area contributed by atoms with Crippen molar-refractivity contribution in [3.63, 3.8) is 0 Å². The van der Waals surface area contributed by atoms with Gasteiger partial charge in [0, 0.05) is 49.5 Å². The summed E-state index contributed by atoms with van der Waals surface area (Å²) >= 11 is 0. The van der Waals surface area contributed by atoms with Crippen molar-refractivity contribution in [3.05, 3.63) is 54.1 Å². The number of nitrogens with zero attached hydrogens (tertiary/aromatic N) is 4. The molecule has 0 radical (unpaired) electrons. The molecule has 172 valence electrons. The number of ether oxygens (including phenoxy) is 1. The van der Waals surface area contributed by atoms with Crippen LogP contribution in [0, 0.1) is 11.8 Å². The molecule has 8 nitrogen and oxygen atoms in total. The van der Waals surface area contributed by atoms with Gasteiger partial charge in [-0.15, -0.1) is 0 Å². The van der Waals surface area contributed by atoms with E-state index in [-0.39, 0.29) is 17.9 Å². The molecule has 2 saturated heterocycles. The third-order valence-corrected chi connectivity index (χ3v) is 7.65. The molecule has 6 rings (SSSR count). The van der Waals surface area contributed by atoms with Gasteiger partial charge in [0.25, 0.3) is 0 Å². The van der Waals surface area contributed by atoms with Crippen molar-refractivity contribution in [3.8, 4) is 0 Å². The van der Waals surface area contributed by atoms with Gasteiger partial charge in [0.15, 0.2) is 5.82 Å². The topological polar surface area (TPSA) is 82.1 Å². The van der Waals surface area contributed by atoms with E-state index in [9.17, 15) is 4.79 Å². The van der Waals surface area contributed by atoms with E-state index in [4.69, 9.17) is 9.73 Å². The molecule has 2 aromatic rings. The molecule has 0 bridgehead atoms. The molecule has 3 unspecified atom stereocenters. The van der Waals surface area contributed by atoms with Gasteiger partial charge in [-0.2, -0.15) is 0 Å². The van der Waals surface area contributed by atoms with Gasteiger partial charge in [-0.25, -0.2) is 9.79 Å². The van der Waals surface area contributed by atoms with Gasteiger partial charge in [0.1, 0.15) is 12.5 Å². The Balaban J connectivity index is 1.27. The fourth-order valence-corrected chi connectivity index (χ4v) is 5.74. The average Bonchev–Trinajstić information content (AvgIpc) is 3.52. The van der Waals surface area contributed by atoms with E-state index >= 15 is 0 Å². The molecule has 8 heteroatoms. The highest BCUT2D eigenvalue weighted by Crippen LogP contribution is 2.37. The molecule has 0 saturated carbocycles. The van der Waals surface area contributed by atoms with Crippen LogP contribution >= 0.6 is 0 Å². The monoisotopic (exact) mass is 446 g/mol. The van der Waals surface area contributed by atoms with Gasteiger partial charge in [0.05, 0.1) is 5.52 Å². The van der Waals surface area contributed by atoms with E-state index in [1.165, 1.54) is 5.56 Å². The van der Waals surface area contributed by atoms with Gasteiger partial charge < -0.3 is 15.0 Å². The number of carbonyl (C=O) groups excluding carboxylic acids is 1. The van der Waals surface area contributed by atoms with E-state index in [0.717, 1.165) is 61.7 Å². The van der Waals surface area contributed by atoms with Crippen molar-refractivity contribution in [1.29, 1.82) is 0 Å². The first-order valence-electron chi connectivity index (χ1n) is 12.0. The Morgan fingerprint density at radius 1 is 1.15 bits per heavy atom. The highest BCUT2D eigenvalue weighted by molar-refractivity contribution is 6.02. The van der Waals surface area contributed by atoms with Crippen LogP contribution in [0.1, 0.15) is 31.2 Å². The number of hydrogen-bond acceptors (Lipinski definition) is 6. The van der Waals surface area contributed by atoms with Crippen molar-refractivity contribution < 1.29 is 9.53 Å². The number of pyridine rings is 1. The van der Waals surface area contributed by atoms with Gasteiger partial charge in [0.2, 0.25) is 0 Å². The van der Waals surface area contributed by atoms with Crippen LogP contribution in [0.2, 0.25) is 0 Å². The normalized spacial score (nSPS) is 26.8. The van der Waals surface area contributed by atoms with Crippen LogP contribution in [0.15, 0.2) is 53.5 Å². The number of para-hydroxylation sites is 1. The summed E-state index contributed by atoms with van der Waals surface area (Å²) in [5, 5.41) is 7.82. The summed E-state index contributed by atoms with van der Waals surface area (Å²) in [6, 6.07) is 10.8. The number of rotatable bonds is 4. The average molecular weight is 447 g/mol. The molecule has 5 heterocycles. The number of hydrogen-bond donors (Lipinski definition) is 2. The Kier molecular flexibility index (Phi) is 5.27. The molecule has 3 atom stereocenters. The maximum absolute atomic E-state index is 13.0. The number of aromatic nitrogens is 1. The maximum atomic E-state index is 13.0. The molecule has 1 aromatic heterocycles. The van der Waals surface area contributed by atoms with Gasteiger partial charge >= 0.3 is 6.03 Å². The molecule has 0 spiro atoms. The first kappa shape index (κ1) is 20.6. The molecule has 1 aromatic carbocycles. The van der Waals surface area contributed by atoms with Crippen LogP contribution in [0.5, 0.6) is 0 Å². The Labute approximate surface area is 193 Å². The fourth-order valence-electron chi connectivity index (χ4n) is 5.74. The third-order valence-electron chi connectivity index (χ3n) is 7.65. The minimum atomic E-state index is -0.0778. The van der Waals surface area contributed by atoms with Gasteiger partial charge in [-0.3, -0.25) is 15.2 Å². The second-order valence-electron chi connectivity index (χ2n) is 9.48. The Bertz CT molecular complexity index is 1120. The smallest absolute Gasteiger partial charge is 0.329 e. The lowest BCUT2D eigenvalue weighted by Gasteiger charge is -2.33. The van der Waals surface area contributed by atoms with Crippen molar-refractivity contribution in [2.45, 2.75) is 31.7 Å². The van der Waals surface area contributed by atoms with Crippen LogP contribution in [-0.4, -0.2) is 65.7 Å². The molecular formula is C25H30N6O2. The summed E-state index contributed by atoms with van der Waals surface area (Å²) in [7, 11) is 0. The van der Waals surface area contributed by atoms with E-state index in [0.29, 0.717) is 18.6 Å². The van der Waals surface area contributed by atoms with Gasteiger partial charge in [-0.1, -0.05) is 31.2 Å². The number of urea groups is 1. The fraction of sp³-hybridized carbons (Fsp3) is 0.480. The lowest BCUT2D eigenvalue weighted by atomic mass is 9.79. The van der Waals surface area contributed by atoms with E-state index in [2.05, 4.69) is 57.9 Å². The Hall–Kier alpha value is -2.97. The highest BCUT2D eigenvalue weighted by atomic mass is 16.5. The molecule has 4 aliphatic heterocycles. The molecule has 2 fully saturated rings. The second-order valence-corrected chi connectivity index (χ2v) is 9.48. The number of benzene rings is 1. The van der Waals surface area contributed by atoms with Crippen LogP contribution in [0.4, 0.5) is 4.79 Å². The highest BCUT2D eigenvalue weighted by Gasteiger charge is 2.41. The molecule has 2 N–H and O–H groups in total. The maximum Gasteiger partial charge on any atom is 0.329 e. The summed E-state index contributed by atoms with van der Waals surface area (Å²) in [5.41, 5.74) is 2.31. The summed E-state index contributed by atoms with van der Waals surface area (Å²) in [6.45, 7) is 6.09. The van der Waals surface area contributed by atoms with Crippen LogP contribution in [0.3, 0.4) is 0 Å². The summed E-state index contributed by atoms with van der Waals surface area (Å²) < 4.78 is 5.50. The zero-order chi connectivity index (χ0) is 22.4. The van der Waals surface area contributed by atoms with E-state index in [1.54, 1.807) is 4.90 Å². The molecule has 33 heavy (non-hydrogen) atoms. The van der Waals surface area contributed by atoms with E-state index in [1.807, 2.05) is 12.3 Å². The lowest BCUT2D eigenvalue weighted by Crippen LogP contribution is -2.50. The number of amides is 2. The van der Waals surface area contributed by atoms with Crippen molar-refractivity contribution in [1.82, 2.24) is 25.4 Å². The molecule has 0 aliphatic carbocycles. The predicted octanol–water partition coefficient (Wildman–Crippen LogP) is 2.85. The number of aliphatic imine (C=N–C) groups is 1. The lowest BCUT2D eigenvalue weighted by molar-refractivity contribution is 0.0459. The van der Waals surface area contributed by atoms with Crippen LogP contribution in [-0.2, 0) is 4.74 Å². The number of nitrogens with one attached hydrogen (secondary N) is 2. The third kappa shape index (κ3) is 3.67. The predicted molar refractivity (Wildman–Crippen MR) is 126 cm³/mol. The second kappa shape index (κ2) is 8.43. The minimum Gasteiger partial charge on any atom is -0.381 e. The van der Waals surface area contributed by atoms with E-state index < -0.39 is 0 Å². The molecule has 2 amide bonds. The minimum absolute atomic E-state index is 0.0778.